The first-order valence-electron chi connectivity index (χ1n) is 7.35. The van der Waals surface area contributed by atoms with Crippen LogP contribution in [0.25, 0.3) is 0 Å². The van der Waals surface area contributed by atoms with E-state index in [9.17, 15) is 9.59 Å². The van der Waals surface area contributed by atoms with E-state index in [1.807, 2.05) is 31.2 Å². The SMILES string of the molecule is CNC(=O)c1ccc(CNC(=O)NC(C)c2ccncc2)cc1. The van der Waals surface area contributed by atoms with Crippen molar-refractivity contribution in [1.82, 2.24) is 20.9 Å². The molecule has 0 fully saturated rings. The molecule has 0 saturated heterocycles. The molecule has 0 radical (unpaired) electrons. The Balaban J connectivity index is 1.83. The molecule has 1 aromatic carbocycles. The number of hydrogen-bond acceptors (Lipinski definition) is 3. The van der Waals surface area contributed by atoms with Gasteiger partial charge in [-0.05, 0) is 42.3 Å². The van der Waals surface area contributed by atoms with Gasteiger partial charge < -0.3 is 16.0 Å². The molecule has 1 atom stereocenters. The molecule has 0 aliphatic heterocycles. The van der Waals surface area contributed by atoms with Crippen LogP contribution in [0.4, 0.5) is 4.79 Å². The summed E-state index contributed by atoms with van der Waals surface area (Å²) in [7, 11) is 1.59. The molecule has 6 nitrogen and oxygen atoms in total. The molecule has 0 aliphatic rings. The molecule has 0 spiro atoms. The van der Waals surface area contributed by atoms with Gasteiger partial charge in [0.05, 0.1) is 6.04 Å². The van der Waals surface area contributed by atoms with E-state index >= 15 is 0 Å². The van der Waals surface area contributed by atoms with Crippen LogP contribution in [-0.4, -0.2) is 24.0 Å². The Kier molecular flexibility index (Phi) is 5.68. The Hall–Kier alpha value is -2.89. The number of carbonyl (C=O) groups excluding carboxylic acids is 2. The molecular weight excluding hydrogens is 292 g/mol. The Bertz CT molecular complexity index is 656. The molecule has 0 aliphatic carbocycles. The van der Waals surface area contributed by atoms with E-state index in [-0.39, 0.29) is 18.0 Å². The minimum atomic E-state index is -0.246. The van der Waals surface area contributed by atoms with Crippen molar-refractivity contribution in [2.75, 3.05) is 7.05 Å². The van der Waals surface area contributed by atoms with E-state index in [1.54, 1.807) is 31.6 Å². The van der Waals surface area contributed by atoms with E-state index in [0.717, 1.165) is 11.1 Å². The van der Waals surface area contributed by atoms with Gasteiger partial charge in [0.15, 0.2) is 0 Å². The molecule has 1 heterocycles. The zero-order chi connectivity index (χ0) is 16.7. The lowest BCUT2D eigenvalue weighted by molar-refractivity contribution is 0.0963. The quantitative estimate of drug-likeness (QED) is 0.789. The standard InChI is InChI=1S/C17H20N4O2/c1-12(14-7-9-19-10-8-14)21-17(23)20-11-13-3-5-15(6-4-13)16(22)18-2/h3-10,12H,11H2,1-2H3,(H,18,22)(H2,20,21,23). The highest BCUT2D eigenvalue weighted by Gasteiger charge is 2.09. The molecule has 3 N–H and O–H groups in total. The Morgan fingerprint density at radius 2 is 1.74 bits per heavy atom. The maximum Gasteiger partial charge on any atom is 0.315 e. The summed E-state index contributed by atoms with van der Waals surface area (Å²) in [5.41, 5.74) is 2.50. The van der Waals surface area contributed by atoms with Crippen LogP contribution in [0.2, 0.25) is 0 Å². The van der Waals surface area contributed by atoms with Crippen LogP contribution in [0.3, 0.4) is 0 Å². The van der Waals surface area contributed by atoms with Gasteiger partial charge >= 0.3 is 6.03 Å². The van der Waals surface area contributed by atoms with Crippen LogP contribution in [-0.2, 0) is 6.54 Å². The van der Waals surface area contributed by atoms with Gasteiger partial charge in [-0.15, -0.1) is 0 Å². The number of benzene rings is 1. The highest BCUT2D eigenvalue weighted by atomic mass is 16.2. The van der Waals surface area contributed by atoms with Gasteiger partial charge in [0, 0.05) is 31.5 Å². The van der Waals surface area contributed by atoms with Crippen LogP contribution in [0.15, 0.2) is 48.8 Å². The maximum atomic E-state index is 11.9. The molecule has 120 valence electrons. The van der Waals surface area contributed by atoms with Crippen LogP contribution in [0.5, 0.6) is 0 Å². The van der Waals surface area contributed by atoms with Gasteiger partial charge in [-0.3, -0.25) is 9.78 Å². The second kappa shape index (κ2) is 7.93. The average Bonchev–Trinajstić information content (AvgIpc) is 2.60. The lowest BCUT2D eigenvalue weighted by atomic mass is 10.1. The van der Waals surface area contributed by atoms with Crippen molar-refractivity contribution >= 4 is 11.9 Å². The van der Waals surface area contributed by atoms with Crippen LogP contribution >= 0.6 is 0 Å². The van der Waals surface area contributed by atoms with Gasteiger partial charge in [-0.1, -0.05) is 12.1 Å². The summed E-state index contributed by atoms with van der Waals surface area (Å²) in [6, 6.07) is 10.5. The van der Waals surface area contributed by atoms with Crippen LogP contribution < -0.4 is 16.0 Å². The predicted octanol–water partition coefficient (Wildman–Crippen LogP) is 2.00. The van der Waals surface area contributed by atoms with Crippen molar-refractivity contribution in [3.63, 3.8) is 0 Å². The summed E-state index contributed by atoms with van der Waals surface area (Å²) < 4.78 is 0. The first kappa shape index (κ1) is 16.5. The summed E-state index contributed by atoms with van der Waals surface area (Å²) in [4.78, 5) is 27.3. The number of amides is 3. The number of carbonyl (C=O) groups is 2. The average molecular weight is 312 g/mol. The fourth-order valence-corrected chi connectivity index (χ4v) is 2.08. The van der Waals surface area contributed by atoms with Gasteiger partial charge in [-0.25, -0.2) is 4.79 Å². The Labute approximate surface area is 135 Å². The summed E-state index contributed by atoms with van der Waals surface area (Å²) in [6.07, 6.45) is 3.39. The maximum absolute atomic E-state index is 11.9. The third-order valence-electron chi connectivity index (χ3n) is 3.45. The second-order valence-electron chi connectivity index (χ2n) is 5.11. The Morgan fingerprint density at radius 1 is 1.09 bits per heavy atom. The molecule has 23 heavy (non-hydrogen) atoms. The molecule has 3 amide bonds. The predicted molar refractivity (Wildman–Crippen MR) is 87.9 cm³/mol. The van der Waals surface area contributed by atoms with E-state index in [4.69, 9.17) is 0 Å². The van der Waals surface area contributed by atoms with Crippen molar-refractivity contribution < 1.29 is 9.59 Å². The third kappa shape index (κ3) is 4.81. The molecule has 6 heteroatoms. The number of hydrogen-bond donors (Lipinski definition) is 3. The number of aromatic nitrogens is 1. The largest absolute Gasteiger partial charge is 0.355 e. The number of urea groups is 1. The summed E-state index contributed by atoms with van der Waals surface area (Å²) in [6.45, 7) is 2.30. The smallest absolute Gasteiger partial charge is 0.315 e. The van der Waals surface area contributed by atoms with E-state index < -0.39 is 0 Å². The molecule has 0 saturated carbocycles. The highest BCUT2D eigenvalue weighted by molar-refractivity contribution is 5.93. The first-order chi connectivity index (χ1) is 11.1. The third-order valence-corrected chi connectivity index (χ3v) is 3.45. The molecule has 0 bridgehead atoms. The van der Waals surface area contributed by atoms with Crippen LogP contribution in [0, 0.1) is 0 Å². The zero-order valence-corrected chi connectivity index (χ0v) is 13.2. The first-order valence-corrected chi connectivity index (χ1v) is 7.35. The van der Waals surface area contributed by atoms with E-state index in [1.165, 1.54) is 0 Å². The van der Waals surface area contributed by atoms with Crippen LogP contribution in [0.1, 0.15) is 34.5 Å². The summed E-state index contributed by atoms with van der Waals surface area (Å²) in [5, 5.41) is 8.22. The zero-order valence-electron chi connectivity index (χ0n) is 13.2. The monoisotopic (exact) mass is 312 g/mol. The van der Waals surface area contributed by atoms with Gasteiger partial charge in [0.2, 0.25) is 0 Å². The van der Waals surface area contributed by atoms with Crippen molar-refractivity contribution in [3.05, 3.63) is 65.5 Å². The minimum absolute atomic E-state index is 0.103. The number of rotatable bonds is 5. The lowest BCUT2D eigenvalue weighted by Crippen LogP contribution is -2.36. The van der Waals surface area contributed by atoms with Crippen molar-refractivity contribution in [1.29, 1.82) is 0 Å². The van der Waals surface area contributed by atoms with Crippen molar-refractivity contribution in [2.24, 2.45) is 0 Å². The number of nitrogens with zero attached hydrogens (tertiary/aromatic N) is 1. The Morgan fingerprint density at radius 3 is 2.35 bits per heavy atom. The van der Waals surface area contributed by atoms with Crippen molar-refractivity contribution in [3.8, 4) is 0 Å². The normalized spacial score (nSPS) is 11.4. The fourth-order valence-electron chi connectivity index (χ4n) is 2.08. The van der Waals surface area contributed by atoms with E-state index in [2.05, 4.69) is 20.9 Å². The fraction of sp³-hybridized carbons (Fsp3) is 0.235. The summed E-state index contributed by atoms with van der Waals surface area (Å²) >= 11 is 0. The number of pyridine rings is 1. The second-order valence-corrected chi connectivity index (χ2v) is 5.11. The molecular formula is C17H20N4O2. The van der Waals surface area contributed by atoms with Gasteiger partial charge in [0.1, 0.15) is 0 Å². The molecule has 2 aromatic rings. The molecule has 2 rings (SSSR count). The molecule has 1 unspecified atom stereocenters. The van der Waals surface area contributed by atoms with Gasteiger partial charge in [0.25, 0.3) is 5.91 Å². The lowest BCUT2D eigenvalue weighted by Gasteiger charge is -2.15. The topological polar surface area (TPSA) is 83.1 Å². The van der Waals surface area contributed by atoms with Gasteiger partial charge in [-0.2, -0.15) is 0 Å². The van der Waals surface area contributed by atoms with E-state index in [0.29, 0.717) is 12.1 Å². The number of nitrogens with one attached hydrogen (secondary N) is 3. The van der Waals surface area contributed by atoms with Crippen molar-refractivity contribution in [2.45, 2.75) is 19.5 Å². The summed E-state index contributed by atoms with van der Waals surface area (Å²) in [5.74, 6) is -0.131. The highest BCUT2D eigenvalue weighted by Crippen LogP contribution is 2.10. The molecule has 1 aromatic heterocycles. The minimum Gasteiger partial charge on any atom is -0.355 e.